The van der Waals surface area contributed by atoms with E-state index in [0.29, 0.717) is 12.2 Å². The van der Waals surface area contributed by atoms with Crippen LogP contribution in [0.1, 0.15) is 23.4 Å². The highest BCUT2D eigenvalue weighted by molar-refractivity contribution is 7.17. The average Bonchev–Trinajstić information content (AvgIpc) is 3.04. The predicted molar refractivity (Wildman–Crippen MR) is 73.1 cm³/mol. The van der Waals surface area contributed by atoms with Gasteiger partial charge in [0.25, 0.3) is 5.82 Å². The van der Waals surface area contributed by atoms with Crippen molar-refractivity contribution in [2.24, 2.45) is 0 Å². The lowest BCUT2D eigenvalue weighted by molar-refractivity contribution is 0.0683. The lowest BCUT2D eigenvalue weighted by Crippen LogP contribution is -2.03. The van der Waals surface area contributed by atoms with Crippen LogP contribution in [-0.2, 0) is 6.42 Å². The summed E-state index contributed by atoms with van der Waals surface area (Å²) in [5.41, 5.74) is 0.836. The number of thiophene rings is 1. The molecule has 19 heavy (non-hydrogen) atoms. The van der Waals surface area contributed by atoms with E-state index in [4.69, 9.17) is 5.11 Å². The maximum absolute atomic E-state index is 10.9. The summed E-state index contributed by atoms with van der Waals surface area (Å²) in [4.78, 5) is 15.0. The number of aromatic nitrogens is 3. The Morgan fingerprint density at radius 1 is 1.42 bits per heavy atom. The van der Waals surface area contributed by atoms with Gasteiger partial charge >= 0.3 is 5.97 Å². The standard InChI is InChI=1S/C13H11N3O2S/c1-2-11-14-12(13(17)18)15-16(11)9-3-4-10-8(7-9)5-6-19-10/h3-7H,2H2,1H3,(H,17,18). The fraction of sp³-hybridized carbons (Fsp3) is 0.154. The van der Waals surface area contributed by atoms with E-state index in [2.05, 4.69) is 10.1 Å². The molecule has 2 heterocycles. The van der Waals surface area contributed by atoms with Crippen molar-refractivity contribution in [1.82, 2.24) is 14.8 Å². The molecule has 1 N–H and O–H groups in total. The first-order chi connectivity index (χ1) is 9.19. The van der Waals surface area contributed by atoms with Crippen LogP contribution in [0.15, 0.2) is 29.6 Å². The largest absolute Gasteiger partial charge is 0.475 e. The normalized spacial score (nSPS) is 11.0. The molecule has 0 aliphatic heterocycles. The van der Waals surface area contributed by atoms with E-state index < -0.39 is 5.97 Å². The SMILES string of the molecule is CCc1nc(C(=O)O)nn1-c1ccc2sccc2c1. The number of nitrogens with zero attached hydrogens (tertiary/aromatic N) is 3. The smallest absolute Gasteiger partial charge is 0.375 e. The number of carbonyl (C=O) groups is 1. The highest BCUT2D eigenvalue weighted by atomic mass is 32.1. The first kappa shape index (κ1) is 11.9. The van der Waals surface area contributed by atoms with Crippen LogP contribution in [0.4, 0.5) is 0 Å². The summed E-state index contributed by atoms with van der Waals surface area (Å²) in [6.45, 7) is 1.93. The molecule has 3 aromatic rings. The van der Waals surface area contributed by atoms with Crippen LogP contribution in [0.25, 0.3) is 15.8 Å². The van der Waals surface area contributed by atoms with E-state index in [-0.39, 0.29) is 5.82 Å². The molecule has 6 heteroatoms. The molecule has 0 spiro atoms. The third-order valence-electron chi connectivity index (χ3n) is 2.86. The third kappa shape index (κ3) is 2.00. The van der Waals surface area contributed by atoms with Crippen LogP contribution in [-0.4, -0.2) is 25.8 Å². The van der Waals surface area contributed by atoms with Crippen molar-refractivity contribution < 1.29 is 9.90 Å². The van der Waals surface area contributed by atoms with Gasteiger partial charge in [-0.15, -0.1) is 16.4 Å². The lowest BCUT2D eigenvalue weighted by Gasteiger charge is -2.04. The number of fused-ring (bicyclic) bond motifs is 1. The van der Waals surface area contributed by atoms with Crippen LogP contribution in [0.5, 0.6) is 0 Å². The van der Waals surface area contributed by atoms with E-state index in [9.17, 15) is 4.79 Å². The Kier molecular flexibility index (Phi) is 2.79. The van der Waals surface area contributed by atoms with Gasteiger partial charge in [0.1, 0.15) is 5.82 Å². The van der Waals surface area contributed by atoms with Gasteiger partial charge in [-0.25, -0.2) is 14.5 Å². The summed E-state index contributed by atoms with van der Waals surface area (Å²) in [6.07, 6.45) is 0.627. The van der Waals surface area contributed by atoms with Crippen LogP contribution in [0.2, 0.25) is 0 Å². The topological polar surface area (TPSA) is 68.0 Å². The van der Waals surface area contributed by atoms with Crippen LogP contribution in [0.3, 0.4) is 0 Å². The van der Waals surface area contributed by atoms with Gasteiger partial charge in [-0.2, -0.15) is 0 Å². The maximum atomic E-state index is 10.9. The molecule has 2 aromatic heterocycles. The molecule has 5 nitrogen and oxygen atoms in total. The van der Waals surface area contributed by atoms with Gasteiger partial charge in [-0.05, 0) is 35.0 Å². The zero-order valence-electron chi connectivity index (χ0n) is 10.2. The molecular weight excluding hydrogens is 262 g/mol. The van der Waals surface area contributed by atoms with Gasteiger partial charge in [-0.1, -0.05) is 6.92 Å². The molecule has 1 aromatic carbocycles. The number of hydrogen-bond donors (Lipinski definition) is 1. The molecule has 3 rings (SSSR count). The molecule has 0 aliphatic carbocycles. The first-order valence-corrected chi connectivity index (χ1v) is 6.74. The number of carboxylic acid groups (broad SMARTS) is 1. The van der Waals surface area contributed by atoms with Gasteiger partial charge < -0.3 is 5.11 Å². The quantitative estimate of drug-likeness (QED) is 0.796. The second kappa shape index (κ2) is 4.47. The Balaban J connectivity index is 2.16. The second-order valence-corrected chi connectivity index (χ2v) is 5.01. The van der Waals surface area contributed by atoms with E-state index in [0.717, 1.165) is 11.1 Å². The van der Waals surface area contributed by atoms with Crippen LogP contribution < -0.4 is 0 Å². The molecule has 0 bridgehead atoms. The van der Waals surface area contributed by atoms with Gasteiger partial charge in [0.15, 0.2) is 0 Å². The number of rotatable bonds is 3. The van der Waals surface area contributed by atoms with E-state index in [1.807, 2.05) is 36.6 Å². The molecule has 0 aliphatic rings. The molecular formula is C13H11N3O2S. The Hall–Kier alpha value is -2.21. The Bertz CT molecular complexity index is 760. The van der Waals surface area contributed by atoms with Gasteiger partial charge in [0, 0.05) is 11.1 Å². The van der Waals surface area contributed by atoms with Crippen molar-refractivity contribution >= 4 is 27.4 Å². The minimum absolute atomic E-state index is 0.165. The van der Waals surface area contributed by atoms with Gasteiger partial charge in [0.2, 0.25) is 0 Å². The van der Waals surface area contributed by atoms with Crippen molar-refractivity contribution in [2.75, 3.05) is 0 Å². The minimum atomic E-state index is -1.11. The fourth-order valence-corrected chi connectivity index (χ4v) is 2.73. The molecule has 0 amide bonds. The van der Waals surface area contributed by atoms with Crippen LogP contribution >= 0.6 is 11.3 Å². The molecule has 0 saturated heterocycles. The zero-order chi connectivity index (χ0) is 13.4. The van der Waals surface area contributed by atoms with Crippen molar-refractivity contribution in [2.45, 2.75) is 13.3 Å². The van der Waals surface area contributed by atoms with Crippen LogP contribution in [0, 0.1) is 0 Å². The number of aryl methyl sites for hydroxylation is 1. The summed E-state index contributed by atoms with van der Waals surface area (Å²) >= 11 is 1.67. The molecule has 0 unspecified atom stereocenters. The molecule has 0 fully saturated rings. The number of carboxylic acids is 1. The predicted octanol–water partition coefficient (Wildman–Crippen LogP) is 2.74. The number of benzene rings is 1. The van der Waals surface area contributed by atoms with E-state index >= 15 is 0 Å². The molecule has 0 radical (unpaired) electrons. The maximum Gasteiger partial charge on any atom is 0.375 e. The molecule has 0 saturated carbocycles. The highest BCUT2D eigenvalue weighted by Gasteiger charge is 2.15. The Morgan fingerprint density at radius 2 is 2.26 bits per heavy atom. The summed E-state index contributed by atoms with van der Waals surface area (Å²) in [5, 5.41) is 16.2. The van der Waals surface area contributed by atoms with Crippen molar-refractivity contribution in [1.29, 1.82) is 0 Å². The first-order valence-electron chi connectivity index (χ1n) is 5.86. The van der Waals surface area contributed by atoms with Crippen molar-refractivity contribution in [3.63, 3.8) is 0 Å². The van der Waals surface area contributed by atoms with Gasteiger partial charge in [0.05, 0.1) is 5.69 Å². The number of hydrogen-bond acceptors (Lipinski definition) is 4. The van der Waals surface area contributed by atoms with E-state index in [1.54, 1.807) is 16.0 Å². The summed E-state index contributed by atoms with van der Waals surface area (Å²) in [7, 11) is 0. The second-order valence-electron chi connectivity index (χ2n) is 4.06. The van der Waals surface area contributed by atoms with Crippen molar-refractivity contribution in [3.8, 4) is 5.69 Å². The Morgan fingerprint density at radius 3 is 3.00 bits per heavy atom. The minimum Gasteiger partial charge on any atom is -0.475 e. The van der Waals surface area contributed by atoms with Gasteiger partial charge in [-0.3, -0.25) is 0 Å². The number of aromatic carboxylic acids is 1. The molecule has 96 valence electrons. The van der Waals surface area contributed by atoms with Crippen molar-refractivity contribution in [3.05, 3.63) is 41.3 Å². The summed E-state index contributed by atoms with van der Waals surface area (Å²) < 4.78 is 2.79. The Labute approximate surface area is 113 Å². The van der Waals surface area contributed by atoms with E-state index in [1.165, 1.54) is 4.70 Å². The summed E-state index contributed by atoms with van der Waals surface area (Å²) in [5.74, 6) is -0.626. The zero-order valence-corrected chi connectivity index (χ0v) is 11.0. The summed E-state index contributed by atoms with van der Waals surface area (Å²) in [6, 6.07) is 7.96. The third-order valence-corrected chi connectivity index (χ3v) is 3.76. The monoisotopic (exact) mass is 273 g/mol. The highest BCUT2D eigenvalue weighted by Crippen LogP contribution is 2.23. The average molecular weight is 273 g/mol. The molecule has 0 atom stereocenters. The lowest BCUT2D eigenvalue weighted by atomic mass is 10.2. The fourth-order valence-electron chi connectivity index (χ4n) is 1.96.